The Bertz CT molecular complexity index is 945. The number of halogens is 2. The van der Waals surface area contributed by atoms with Gasteiger partial charge in [0.15, 0.2) is 0 Å². The third kappa shape index (κ3) is 3.76. The summed E-state index contributed by atoms with van der Waals surface area (Å²) in [7, 11) is -3.87. The minimum absolute atomic E-state index is 0.0278. The number of nitrogens with one attached hydrogen (secondary N) is 1. The van der Waals surface area contributed by atoms with Crippen LogP contribution in [0.4, 0.5) is 11.4 Å². The van der Waals surface area contributed by atoms with E-state index in [0.717, 1.165) is 24.1 Å². The van der Waals surface area contributed by atoms with Crippen LogP contribution < -0.4 is 9.62 Å². The van der Waals surface area contributed by atoms with Gasteiger partial charge in [-0.2, -0.15) is 0 Å². The molecule has 25 heavy (non-hydrogen) atoms. The molecule has 0 unspecified atom stereocenters. The molecule has 0 saturated carbocycles. The van der Waals surface area contributed by atoms with Gasteiger partial charge in [-0.05, 0) is 54.8 Å². The van der Waals surface area contributed by atoms with E-state index < -0.39 is 10.0 Å². The molecule has 8 heteroatoms. The van der Waals surface area contributed by atoms with Crippen LogP contribution in [0.5, 0.6) is 0 Å². The van der Waals surface area contributed by atoms with Crippen molar-refractivity contribution < 1.29 is 13.2 Å². The Kier molecular flexibility index (Phi) is 4.95. The molecule has 132 valence electrons. The maximum atomic E-state index is 12.6. The molecule has 1 aliphatic rings. The predicted octanol–water partition coefficient (Wildman–Crippen LogP) is 4.09. The van der Waals surface area contributed by atoms with Gasteiger partial charge in [-0.25, -0.2) is 8.42 Å². The van der Waals surface area contributed by atoms with Crippen LogP contribution in [0.15, 0.2) is 41.3 Å². The van der Waals surface area contributed by atoms with Gasteiger partial charge in [0.2, 0.25) is 5.91 Å². The van der Waals surface area contributed by atoms with Gasteiger partial charge < -0.3 is 4.90 Å². The fourth-order valence-corrected chi connectivity index (χ4v) is 4.69. The van der Waals surface area contributed by atoms with E-state index in [0.29, 0.717) is 12.2 Å². The molecule has 1 heterocycles. The predicted molar refractivity (Wildman–Crippen MR) is 100 cm³/mol. The molecular weight excluding hydrogens is 383 g/mol. The molecular formula is C17H16Cl2N2O3S. The lowest BCUT2D eigenvalue weighted by molar-refractivity contribution is -0.116. The molecule has 0 bridgehead atoms. The Morgan fingerprint density at radius 2 is 1.92 bits per heavy atom. The van der Waals surface area contributed by atoms with Crippen molar-refractivity contribution in [3.05, 3.63) is 52.0 Å². The molecule has 2 aromatic rings. The van der Waals surface area contributed by atoms with Gasteiger partial charge in [0, 0.05) is 29.9 Å². The molecule has 3 rings (SSSR count). The maximum absolute atomic E-state index is 12.6. The van der Waals surface area contributed by atoms with Crippen LogP contribution >= 0.6 is 23.2 Å². The first kappa shape index (κ1) is 18.0. The second-order valence-corrected chi connectivity index (χ2v) is 8.29. The standard InChI is InChI=1S/C17H16Cl2N2O3S/c1-11(22)21-8-2-3-12-9-14(5-7-16(12)21)20-25(23,24)17-10-13(18)4-6-15(17)19/h4-7,9-10,20H,2-3,8H2,1H3. The number of carbonyl (C=O) groups is 1. The zero-order valence-electron chi connectivity index (χ0n) is 13.4. The van der Waals surface area contributed by atoms with Gasteiger partial charge in [0.05, 0.1) is 5.02 Å². The Balaban J connectivity index is 1.93. The Morgan fingerprint density at radius 1 is 1.16 bits per heavy atom. The highest BCUT2D eigenvalue weighted by molar-refractivity contribution is 7.92. The number of anilines is 2. The molecule has 1 amide bonds. The van der Waals surface area contributed by atoms with E-state index in [2.05, 4.69) is 4.72 Å². The lowest BCUT2D eigenvalue weighted by atomic mass is 10.0. The van der Waals surface area contributed by atoms with E-state index in [1.807, 2.05) is 0 Å². The normalized spacial score (nSPS) is 14.1. The Labute approximate surface area is 156 Å². The van der Waals surface area contributed by atoms with Crippen LogP contribution in [-0.2, 0) is 21.2 Å². The van der Waals surface area contributed by atoms with Crippen LogP contribution in [0, 0.1) is 0 Å². The maximum Gasteiger partial charge on any atom is 0.263 e. The van der Waals surface area contributed by atoms with Crippen LogP contribution in [-0.4, -0.2) is 20.9 Å². The number of hydrogen-bond acceptors (Lipinski definition) is 3. The second-order valence-electron chi connectivity index (χ2n) is 5.80. The number of rotatable bonds is 3. The summed E-state index contributed by atoms with van der Waals surface area (Å²) in [6.07, 6.45) is 1.62. The molecule has 2 aromatic carbocycles. The van der Waals surface area contributed by atoms with Gasteiger partial charge in [-0.1, -0.05) is 23.2 Å². The van der Waals surface area contributed by atoms with E-state index in [1.165, 1.54) is 25.1 Å². The number of benzene rings is 2. The molecule has 5 nitrogen and oxygen atoms in total. The van der Waals surface area contributed by atoms with Crippen LogP contribution in [0.1, 0.15) is 18.9 Å². The first-order chi connectivity index (χ1) is 11.8. The SMILES string of the molecule is CC(=O)N1CCCc2cc(NS(=O)(=O)c3cc(Cl)ccc3Cl)ccc21. The number of hydrogen-bond donors (Lipinski definition) is 1. The van der Waals surface area contributed by atoms with E-state index in [9.17, 15) is 13.2 Å². The minimum atomic E-state index is -3.87. The average Bonchev–Trinajstić information content (AvgIpc) is 2.55. The Morgan fingerprint density at radius 3 is 2.64 bits per heavy atom. The molecule has 0 fully saturated rings. The summed E-state index contributed by atoms with van der Waals surface area (Å²) in [5, 5.41) is 0.380. The van der Waals surface area contributed by atoms with Crippen molar-refractivity contribution >= 4 is 50.5 Å². The van der Waals surface area contributed by atoms with Crippen molar-refractivity contribution in [1.29, 1.82) is 0 Å². The Hall–Kier alpha value is -1.76. The highest BCUT2D eigenvalue weighted by Crippen LogP contribution is 2.32. The first-order valence-electron chi connectivity index (χ1n) is 7.67. The first-order valence-corrected chi connectivity index (χ1v) is 9.91. The number of carbonyl (C=O) groups excluding carboxylic acids is 1. The van der Waals surface area contributed by atoms with E-state index >= 15 is 0 Å². The number of sulfonamides is 1. The van der Waals surface area contributed by atoms with Crippen LogP contribution in [0.3, 0.4) is 0 Å². The molecule has 0 saturated heterocycles. The number of fused-ring (bicyclic) bond motifs is 1. The summed E-state index contributed by atoms with van der Waals surface area (Å²) >= 11 is 11.9. The summed E-state index contributed by atoms with van der Waals surface area (Å²) in [5.41, 5.74) is 2.17. The molecule has 0 atom stereocenters. The van der Waals surface area contributed by atoms with Crippen molar-refractivity contribution in [3.8, 4) is 0 Å². The van der Waals surface area contributed by atoms with E-state index in [1.54, 1.807) is 23.1 Å². The second kappa shape index (κ2) is 6.86. The summed E-state index contributed by atoms with van der Waals surface area (Å²) < 4.78 is 27.7. The van der Waals surface area contributed by atoms with E-state index in [-0.39, 0.29) is 20.8 Å². The summed E-state index contributed by atoms with van der Waals surface area (Å²) in [4.78, 5) is 13.3. The lowest BCUT2D eigenvalue weighted by Crippen LogP contribution is -2.33. The average molecular weight is 399 g/mol. The number of aryl methyl sites for hydroxylation is 1. The van der Waals surface area contributed by atoms with Gasteiger partial charge in [-0.15, -0.1) is 0 Å². The summed E-state index contributed by atoms with van der Waals surface area (Å²) in [6.45, 7) is 2.19. The third-order valence-electron chi connectivity index (χ3n) is 4.01. The quantitative estimate of drug-likeness (QED) is 0.846. The largest absolute Gasteiger partial charge is 0.312 e. The van der Waals surface area contributed by atoms with Gasteiger partial charge in [-0.3, -0.25) is 9.52 Å². The monoisotopic (exact) mass is 398 g/mol. The smallest absolute Gasteiger partial charge is 0.263 e. The fraction of sp³-hybridized carbons (Fsp3) is 0.235. The van der Waals surface area contributed by atoms with Crippen molar-refractivity contribution in [1.82, 2.24) is 0 Å². The molecule has 0 aliphatic carbocycles. The van der Waals surface area contributed by atoms with Crippen molar-refractivity contribution in [2.45, 2.75) is 24.7 Å². The number of amides is 1. The van der Waals surface area contributed by atoms with Crippen molar-refractivity contribution in [3.63, 3.8) is 0 Å². The molecule has 0 aromatic heterocycles. The van der Waals surface area contributed by atoms with Crippen LogP contribution in [0.2, 0.25) is 10.0 Å². The van der Waals surface area contributed by atoms with Crippen LogP contribution in [0.25, 0.3) is 0 Å². The van der Waals surface area contributed by atoms with Gasteiger partial charge in [0.25, 0.3) is 10.0 Å². The summed E-state index contributed by atoms with van der Waals surface area (Å²) in [5.74, 6) is -0.0278. The molecule has 0 radical (unpaired) electrons. The summed E-state index contributed by atoms with van der Waals surface area (Å²) in [6, 6.07) is 9.42. The van der Waals surface area contributed by atoms with Crippen molar-refractivity contribution in [2.75, 3.05) is 16.2 Å². The zero-order valence-corrected chi connectivity index (χ0v) is 15.7. The molecule has 1 aliphatic heterocycles. The lowest BCUT2D eigenvalue weighted by Gasteiger charge is -2.29. The van der Waals surface area contributed by atoms with Gasteiger partial charge >= 0.3 is 0 Å². The highest BCUT2D eigenvalue weighted by Gasteiger charge is 2.22. The number of nitrogens with zero attached hydrogens (tertiary/aromatic N) is 1. The van der Waals surface area contributed by atoms with Gasteiger partial charge in [0.1, 0.15) is 4.90 Å². The highest BCUT2D eigenvalue weighted by atomic mass is 35.5. The molecule has 1 N–H and O–H groups in total. The fourth-order valence-electron chi connectivity index (χ4n) is 2.88. The van der Waals surface area contributed by atoms with Crippen molar-refractivity contribution in [2.24, 2.45) is 0 Å². The van der Waals surface area contributed by atoms with E-state index in [4.69, 9.17) is 23.2 Å². The molecule has 0 spiro atoms. The zero-order chi connectivity index (χ0) is 18.2. The third-order valence-corrected chi connectivity index (χ3v) is 6.11. The minimum Gasteiger partial charge on any atom is -0.312 e. The topological polar surface area (TPSA) is 66.5 Å².